The maximum absolute atomic E-state index is 6.33. The fraction of sp³-hybridized carbons (Fsp3) is 0.361. The Morgan fingerprint density at radius 2 is 1.67 bits per heavy atom. The van der Waals surface area contributed by atoms with E-state index in [-0.39, 0.29) is 12.2 Å². The minimum atomic E-state index is -0.175. The molecule has 3 atom stereocenters. The van der Waals surface area contributed by atoms with Crippen LogP contribution >= 0.6 is 0 Å². The number of nitrogens with one attached hydrogen (secondary N) is 1. The van der Waals surface area contributed by atoms with Crippen LogP contribution in [0.15, 0.2) is 97.2 Å². The third-order valence-electron chi connectivity index (χ3n) is 8.34. The maximum Gasteiger partial charge on any atom is 0.162 e. The molecule has 7 heteroatoms. The van der Waals surface area contributed by atoms with Gasteiger partial charge in [0.05, 0.1) is 19.3 Å². The van der Waals surface area contributed by atoms with E-state index in [1.165, 1.54) is 22.5 Å². The zero-order valence-electron chi connectivity index (χ0n) is 25.2. The van der Waals surface area contributed by atoms with Gasteiger partial charge in [-0.05, 0) is 54.4 Å². The number of benzene rings is 3. The Bertz CT molecular complexity index is 1460. The average molecular weight is 579 g/mol. The van der Waals surface area contributed by atoms with E-state index in [4.69, 9.17) is 14.2 Å². The Morgan fingerprint density at radius 3 is 2.49 bits per heavy atom. The number of hydrogen-bond donors (Lipinski definition) is 1. The topological polar surface area (TPSA) is 59.1 Å². The molecule has 224 valence electrons. The normalized spacial score (nSPS) is 20.3. The molecular weight excluding hydrogens is 536 g/mol. The molecule has 0 bridgehead atoms. The van der Waals surface area contributed by atoms with Crippen molar-refractivity contribution in [2.45, 2.75) is 31.6 Å². The zero-order chi connectivity index (χ0) is 29.4. The summed E-state index contributed by atoms with van der Waals surface area (Å²) in [6.07, 6.45) is 2.71. The van der Waals surface area contributed by atoms with Gasteiger partial charge < -0.3 is 29.3 Å². The van der Waals surface area contributed by atoms with Crippen LogP contribution in [0.5, 0.6) is 11.5 Å². The first-order chi connectivity index (χ1) is 21.2. The molecular formula is C36H42N4O3. The minimum absolute atomic E-state index is 0.0270. The van der Waals surface area contributed by atoms with Crippen LogP contribution in [0.1, 0.15) is 41.3 Å². The van der Waals surface area contributed by atoms with Crippen LogP contribution in [0, 0.1) is 0 Å². The third kappa shape index (κ3) is 6.85. The van der Waals surface area contributed by atoms with Crippen LogP contribution < -0.4 is 19.7 Å². The summed E-state index contributed by atoms with van der Waals surface area (Å²) in [5, 5.41) is 3.37. The molecule has 43 heavy (non-hydrogen) atoms. The van der Waals surface area contributed by atoms with Crippen molar-refractivity contribution in [3.05, 3.63) is 119 Å². The second-order valence-electron chi connectivity index (χ2n) is 11.3. The highest BCUT2D eigenvalue weighted by molar-refractivity contribution is 5.56. The molecule has 7 rings (SSSR count). The summed E-state index contributed by atoms with van der Waals surface area (Å²) in [6, 6.07) is 31.6. The summed E-state index contributed by atoms with van der Waals surface area (Å²) in [5.41, 5.74) is 5.38. The molecule has 3 aliphatic rings. The lowest BCUT2D eigenvalue weighted by atomic mass is 9.96. The molecule has 3 aromatic carbocycles. The van der Waals surface area contributed by atoms with Crippen LogP contribution in [0.25, 0.3) is 0 Å². The molecule has 0 radical (unpaired) electrons. The molecule has 0 saturated carbocycles. The Morgan fingerprint density at radius 1 is 0.907 bits per heavy atom. The Hall–Kier alpha value is -3.91. The van der Waals surface area contributed by atoms with Crippen LogP contribution in [0.3, 0.4) is 0 Å². The summed E-state index contributed by atoms with van der Waals surface area (Å²) in [5.74, 6) is 2.69. The molecule has 1 aromatic heterocycles. The predicted molar refractivity (Wildman–Crippen MR) is 171 cm³/mol. The fourth-order valence-electron chi connectivity index (χ4n) is 6.23. The first-order valence-corrected chi connectivity index (χ1v) is 15.4. The van der Waals surface area contributed by atoms with Crippen LogP contribution in [-0.2, 0) is 11.2 Å². The van der Waals surface area contributed by atoms with Crippen molar-refractivity contribution in [2.75, 3.05) is 57.9 Å². The average Bonchev–Trinajstić information content (AvgIpc) is 3.20. The van der Waals surface area contributed by atoms with Gasteiger partial charge in [0.25, 0.3) is 0 Å². The van der Waals surface area contributed by atoms with Crippen LogP contribution in [-0.4, -0.2) is 69.0 Å². The van der Waals surface area contributed by atoms with E-state index in [1.54, 1.807) is 0 Å². The minimum Gasteiger partial charge on any atom is -0.490 e. The van der Waals surface area contributed by atoms with Crippen molar-refractivity contribution in [3.8, 4) is 11.5 Å². The maximum atomic E-state index is 6.33. The number of ether oxygens (including phenoxy) is 3. The van der Waals surface area contributed by atoms with Crippen LogP contribution in [0.2, 0.25) is 0 Å². The number of aromatic nitrogens is 1. The highest BCUT2D eigenvalue weighted by atomic mass is 16.6. The fourth-order valence-corrected chi connectivity index (χ4v) is 6.23. The first kappa shape index (κ1) is 29.2. The highest BCUT2D eigenvalue weighted by Crippen LogP contribution is 2.38. The largest absolute Gasteiger partial charge is 0.490 e. The summed E-state index contributed by atoms with van der Waals surface area (Å²) < 4.78 is 18.0. The van der Waals surface area contributed by atoms with E-state index in [1.807, 2.05) is 55.6 Å². The van der Waals surface area contributed by atoms with Crippen molar-refractivity contribution < 1.29 is 14.2 Å². The van der Waals surface area contributed by atoms with Gasteiger partial charge in [-0.3, -0.25) is 0 Å². The second-order valence-corrected chi connectivity index (χ2v) is 11.3. The number of pyridine rings is 1. The van der Waals surface area contributed by atoms with E-state index < -0.39 is 0 Å². The third-order valence-corrected chi connectivity index (χ3v) is 8.34. The standard InChI is InChI=1S/C19H23NO3.C17H19N3/c1-2-21-16-10-6-7-11-17(16)23-19(15-8-4-3-5-9-15)18-14-20-12-13-22-18;1-19-9-10-20-16(12-19)15-7-3-2-5-13(15)11-14-6-4-8-18-17(14)20/h3-11,18-20H,2,12-14H2,1H3;2-8,16H,9-12H2,1H3/t18-,19+;/m1./s1. The van der Waals surface area contributed by atoms with Crippen LogP contribution in [0.4, 0.5) is 5.82 Å². The molecule has 4 heterocycles. The molecule has 1 N–H and O–H groups in total. The molecule has 0 spiro atoms. The number of para-hydroxylation sites is 2. The Balaban J connectivity index is 0.000000154. The monoisotopic (exact) mass is 578 g/mol. The number of anilines is 1. The van der Waals surface area contributed by atoms with Gasteiger partial charge in [-0.1, -0.05) is 72.8 Å². The summed E-state index contributed by atoms with van der Waals surface area (Å²) in [7, 11) is 2.21. The molecule has 2 fully saturated rings. The molecule has 2 saturated heterocycles. The number of fused-ring (bicyclic) bond motifs is 5. The van der Waals surface area contributed by atoms with Crippen molar-refractivity contribution in [1.29, 1.82) is 0 Å². The number of morpholine rings is 1. The van der Waals surface area contributed by atoms with E-state index in [0.29, 0.717) is 19.3 Å². The lowest BCUT2D eigenvalue weighted by Crippen LogP contribution is -2.47. The Labute approximate surface area is 255 Å². The lowest BCUT2D eigenvalue weighted by molar-refractivity contribution is -0.0439. The van der Waals surface area contributed by atoms with Crippen molar-refractivity contribution >= 4 is 5.82 Å². The summed E-state index contributed by atoms with van der Waals surface area (Å²) >= 11 is 0. The Kier molecular flexibility index (Phi) is 9.53. The van der Waals surface area contributed by atoms with Gasteiger partial charge in [0.15, 0.2) is 17.6 Å². The molecule has 3 aliphatic heterocycles. The molecule has 0 amide bonds. The molecule has 4 aromatic rings. The quantitative estimate of drug-likeness (QED) is 0.316. The SMILES string of the molecule is CCOc1ccccc1O[C@@H](c1ccccc1)[C@H]1CNCCO1.CN1CCN2c3ncccc3Cc3ccccc3C2C1. The number of hydrogen-bond acceptors (Lipinski definition) is 7. The van der Waals surface area contributed by atoms with Crippen molar-refractivity contribution in [1.82, 2.24) is 15.2 Å². The number of likely N-dealkylation sites (N-methyl/N-ethyl adjacent to an activating group) is 1. The highest BCUT2D eigenvalue weighted by Gasteiger charge is 2.33. The molecule has 7 nitrogen and oxygen atoms in total. The number of nitrogens with zero attached hydrogens (tertiary/aromatic N) is 3. The van der Waals surface area contributed by atoms with Crippen molar-refractivity contribution in [3.63, 3.8) is 0 Å². The van der Waals surface area contributed by atoms with Gasteiger partial charge in [0.1, 0.15) is 11.9 Å². The van der Waals surface area contributed by atoms with Gasteiger partial charge in [-0.15, -0.1) is 0 Å². The summed E-state index contributed by atoms with van der Waals surface area (Å²) in [4.78, 5) is 9.60. The van der Waals surface area contributed by atoms with Gasteiger partial charge in [0, 0.05) is 45.3 Å². The number of rotatable bonds is 6. The van der Waals surface area contributed by atoms with Gasteiger partial charge in [-0.2, -0.15) is 0 Å². The summed E-state index contributed by atoms with van der Waals surface area (Å²) in [6.45, 7) is 8.17. The smallest absolute Gasteiger partial charge is 0.162 e. The van der Waals surface area contributed by atoms with Gasteiger partial charge in [0.2, 0.25) is 0 Å². The predicted octanol–water partition coefficient (Wildman–Crippen LogP) is 5.67. The van der Waals surface area contributed by atoms with Crippen molar-refractivity contribution in [2.24, 2.45) is 0 Å². The van der Waals surface area contributed by atoms with E-state index in [2.05, 4.69) is 75.7 Å². The number of piperazine rings is 1. The van der Waals surface area contributed by atoms with Gasteiger partial charge >= 0.3 is 0 Å². The van der Waals surface area contributed by atoms with E-state index in [0.717, 1.165) is 56.2 Å². The zero-order valence-corrected chi connectivity index (χ0v) is 25.2. The van der Waals surface area contributed by atoms with E-state index in [9.17, 15) is 0 Å². The molecule has 0 aliphatic carbocycles. The second kappa shape index (κ2) is 14.0. The first-order valence-electron chi connectivity index (χ1n) is 15.4. The lowest BCUT2D eigenvalue weighted by Gasteiger charge is -2.41. The van der Waals surface area contributed by atoms with E-state index >= 15 is 0 Å². The molecule has 1 unspecified atom stereocenters. The van der Waals surface area contributed by atoms with Gasteiger partial charge in [-0.25, -0.2) is 4.98 Å².